The van der Waals surface area contributed by atoms with E-state index < -0.39 is 25.1 Å². The zero-order valence-electron chi connectivity index (χ0n) is 16.9. The van der Waals surface area contributed by atoms with Crippen LogP contribution in [0.2, 0.25) is 0 Å². The summed E-state index contributed by atoms with van der Waals surface area (Å²) in [7, 11) is 1.29. The number of alkyl halides is 2. The number of halogens is 3. The van der Waals surface area contributed by atoms with E-state index >= 15 is 0 Å². The van der Waals surface area contributed by atoms with Gasteiger partial charge in [0.2, 0.25) is 6.79 Å². The SMILES string of the molecule is C=C(/C=C\C(Br)=C/C)[C@@H]1c2cc3c(cc2C[C@@H](C)N1CC(F)(F)COC)OCO3. The molecule has 0 bridgehead atoms. The van der Waals surface area contributed by atoms with Crippen molar-refractivity contribution in [3.8, 4) is 11.5 Å². The van der Waals surface area contributed by atoms with E-state index in [9.17, 15) is 8.78 Å². The Labute approximate surface area is 178 Å². The van der Waals surface area contributed by atoms with Crippen molar-refractivity contribution in [1.82, 2.24) is 4.90 Å². The highest BCUT2D eigenvalue weighted by atomic mass is 79.9. The Balaban J connectivity index is 2.03. The number of hydrogen-bond acceptors (Lipinski definition) is 4. The predicted molar refractivity (Wildman–Crippen MR) is 113 cm³/mol. The number of rotatable bonds is 7. The lowest BCUT2D eigenvalue weighted by Crippen LogP contribution is -2.49. The first kappa shape index (κ1) is 22.0. The van der Waals surface area contributed by atoms with Crippen molar-refractivity contribution in [3.05, 3.63) is 58.1 Å². The molecule has 3 rings (SSSR count). The predicted octanol–water partition coefficient (Wildman–Crippen LogP) is 5.40. The van der Waals surface area contributed by atoms with E-state index in [2.05, 4.69) is 22.5 Å². The van der Waals surface area contributed by atoms with Gasteiger partial charge in [-0.2, -0.15) is 0 Å². The van der Waals surface area contributed by atoms with Crippen LogP contribution in [0.5, 0.6) is 11.5 Å². The topological polar surface area (TPSA) is 30.9 Å². The Hall–Kier alpha value is -1.70. The minimum atomic E-state index is -2.97. The van der Waals surface area contributed by atoms with Gasteiger partial charge in [-0.25, -0.2) is 8.78 Å². The highest BCUT2D eigenvalue weighted by Crippen LogP contribution is 2.45. The lowest BCUT2D eigenvalue weighted by Gasteiger charge is -2.43. The van der Waals surface area contributed by atoms with E-state index in [1.807, 2.05) is 44.2 Å². The lowest BCUT2D eigenvalue weighted by atomic mass is 9.84. The average molecular weight is 470 g/mol. The molecular formula is C22H26BrF2NO3. The van der Waals surface area contributed by atoms with E-state index in [1.54, 1.807) is 4.90 Å². The summed E-state index contributed by atoms with van der Waals surface area (Å²) in [4.78, 5) is 1.81. The minimum Gasteiger partial charge on any atom is -0.454 e. The van der Waals surface area contributed by atoms with Gasteiger partial charge in [-0.1, -0.05) is 34.7 Å². The summed E-state index contributed by atoms with van der Waals surface area (Å²) in [6.45, 7) is 7.21. The molecule has 0 N–H and O–H groups in total. The molecule has 0 unspecified atom stereocenters. The Morgan fingerprint density at radius 2 is 2.03 bits per heavy atom. The summed E-state index contributed by atoms with van der Waals surface area (Å²) in [6.07, 6.45) is 6.28. The molecule has 2 aliphatic rings. The van der Waals surface area contributed by atoms with E-state index in [4.69, 9.17) is 14.2 Å². The summed E-state index contributed by atoms with van der Waals surface area (Å²) >= 11 is 3.44. The number of ether oxygens (including phenoxy) is 3. The summed E-state index contributed by atoms with van der Waals surface area (Å²) in [6, 6.07) is 3.36. The second-order valence-electron chi connectivity index (χ2n) is 7.40. The van der Waals surface area contributed by atoms with Crippen LogP contribution in [0.3, 0.4) is 0 Å². The number of nitrogens with zero attached hydrogens (tertiary/aromatic N) is 1. The Morgan fingerprint density at radius 3 is 2.69 bits per heavy atom. The maximum absolute atomic E-state index is 14.5. The third-order valence-corrected chi connectivity index (χ3v) is 5.92. The Morgan fingerprint density at radius 1 is 1.34 bits per heavy atom. The molecule has 0 saturated heterocycles. The van der Waals surface area contributed by atoms with Crippen molar-refractivity contribution in [2.45, 2.75) is 38.3 Å². The third-order valence-electron chi connectivity index (χ3n) is 5.20. The van der Waals surface area contributed by atoms with Gasteiger partial charge in [-0.15, -0.1) is 0 Å². The largest absolute Gasteiger partial charge is 0.454 e. The van der Waals surface area contributed by atoms with Gasteiger partial charge in [0, 0.05) is 17.6 Å². The average Bonchev–Trinajstić information content (AvgIpc) is 3.11. The minimum absolute atomic E-state index is 0.106. The van der Waals surface area contributed by atoms with Crippen LogP contribution in [0.15, 0.2) is 47.0 Å². The molecule has 0 amide bonds. The first-order valence-electron chi connectivity index (χ1n) is 9.49. The van der Waals surface area contributed by atoms with Crippen molar-refractivity contribution in [2.24, 2.45) is 0 Å². The Kier molecular flexibility index (Phi) is 6.81. The fourth-order valence-electron chi connectivity index (χ4n) is 3.86. The molecule has 7 heteroatoms. The van der Waals surface area contributed by atoms with Gasteiger partial charge in [0.25, 0.3) is 5.92 Å². The summed E-state index contributed by atoms with van der Waals surface area (Å²) < 4.78 is 45.7. The van der Waals surface area contributed by atoms with Gasteiger partial charge < -0.3 is 14.2 Å². The van der Waals surface area contributed by atoms with Gasteiger partial charge in [0.1, 0.15) is 6.61 Å². The molecule has 2 aliphatic heterocycles. The van der Waals surface area contributed by atoms with Crippen LogP contribution in [0, 0.1) is 0 Å². The van der Waals surface area contributed by atoms with Crippen LogP contribution in [-0.2, 0) is 11.2 Å². The normalized spacial score (nSPS) is 22.2. The molecule has 1 aromatic carbocycles. The summed E-state index contributed by atoms with van der Waals surface area (Å²) in [5.74, 6) is -1.63. The number of fused-ring (bicyclic) bond motifs is 2. The highest BCUT2D eigenvalue weighted by Gasteiger charge is 2.41. The molecule has 29 heavy (non-hydrogen) atoms. The van der Waals surface area contributed by atoms with Crippen molar-refractivity contribution in [3.63, 3.8) is 0 Å². The van der Waals surface area contributed by atoms with Gasteiger partial charge in [-0.3, -0.25) is 4.90 Å². The van der Waals surface area contributed by atoms with E-state index in [-0.39, 0.29) is 12.8 Å². The lowest BCUT2D eigenvalue weighted by molar-refractivity contribution is -0.0961. The van der Waals surface area contributed by atoms with Gasteiger partial charge in [-0.05, 0) is 55.2 Å². The van der Waals surface area contributed by atoms with Crippen LogP contribution in [0.4, 0.5) is 8.78 Å². The molecule has 158 valence electrons. The van der Waals surface area contributed by atoms with Crippen molar-refractivity contribution < 1.29 is 23.0 Å². The molecule has 1 aromatic rings. The van der Waals surface area contributed by atoms with Crippen LogP contribution in [-0.4, -0.2) is 43.9 Å². The molecule has 0 fully saturated rings. The quantitative estimate of drug-likeness (QED) is 0.500. The zero-order chi connectivity index (χ0) is 21.2. The summed E-state index contributed by atoms with van der Waals surface area (Å²) in [5, 5.41) is 0. The van der Waals surface area contributed by atoms with E-state index in [1.165, 1.54) is 7.11 Å². The molecule has 0 spiro atoms. The molecule has 2 heterocycles. The van der Waals surface area contributed by atoms with Crippen molar-refractivity contribution in [2.75, 3.05) is 27.1 Å². The van der Waals surface area contributed by atoms with Crippen LogP contribution in [0.25, 0.3) is 0 Å². The van der Waals surface area contributed by atoms with Crippen molar-refractivity contribution in [1.29, 1.82) is 0 Å². The van der Waals surface area contributed by atoms with Crippen molar-refractivity contribution >= 4 is 15.9 Å². The number of benzene rings is 1. The maximum Gasteiger partial charge on any atom is 0.283 e. The van der Waals surface area contributed by atoms with E-state index in [0.29, 0.717) is 17.9 Å². The number of methoxy groups -OCH3 is 1. The molecule has 0 aliphatic carbocycles. The fraction of sp³-hybridized carbons (Fsp3) is 0.455. The highest BCUT2D eigenvalue weighted by molar-refractivity contribution is 9.11. The molecule has 4 nitrogen and oxygen atoms in total. The number of hydrogen-bond donors (Lipinski definition) is 0. The van der Waals surface area contributed by atoms with Crippen LogP contribution >= 0.6 is 15.9 Å². The first-order chi connectivity index (χ1) is 13.8. The van der Waals surface area contributed by atoms with Gasteiger partial charge in [0.15, 0.2) is 11.5 Å². The Bertz CT molecular complexity index is 838. The zero-order valence-corrected chi connectivity index (χ0v) is 18.5. The molecular weight excluding hydrogens is 444 g/mol. The molecule has 2 atom stereocenters. The second-order valence-corrected chi connectivity index (χ2v) is 8.32. The number of allylic oxidation sites excluding steroid dienone is 3. The second kappa shape index (κ2) is 8.98. The monoisotopic (exact) mass is 469 g/mol. The molecule has 0 radical (unpaired) electrons. The fourth-order valence-corrected chi connectivity index (χ4v) is 3.99. The standard InChI is InChI=1S/C22H26BrF2NO3/c1-5-17(23)7-6-14(2)21-18-10-20-19(28-13-29-20)9-16(18)8-15(3)26(21)11-22(24,25)12-27-4/h5-7,9-10,15,21H,2,8,11-13H2,1,3-4H3/b7-6-,17-5+/t15-,21-/m1/s1. The molecule has 0 saturated carbocycles. The smallest absolute Gasteiger partial charge is 0.283 e. The van der Waals surface area contributed by atoms with Gasteiger partial charge >= 0.3 is 0 Å². The van der Waals surface area contributed by atoms with E-state index in [0.717, 1.165) is 21.2 Å². The van der Waals surface area contributed by atoms with Crippen LogP contribution < -0.4 is 9.47 Å². The third kappa shape index (κ3) is 4.90. The first-order valence-corrected chi connectivity index (χ1v) is 10.3. The summed E-state index contributed by atoms with van der Waals surface area (Å²) in [5.41, 5.74) is 2.72. The van der Waals surface area contributed by atoms with Crippen LogP contribution in [0.1, 0.15) is 31.0 Å². The molecule has 0 aromatic heterocycles. The van der Waals surface area contributed by atoms with Gasteiger partial charge in [0.05, 0.1) is 12.6 Å². The maximum atomic E-state index is 14.5.